The van der Waals surface area contributed by atoms with Crippen LogP contribution >= 0.6 is 0 Å². The van der Waals surface area contributed by atoms with Crippen molar-refractivity contribution in [2.24, 2.45) is 5.73 Å². The second-order valence-corrected chi connectivity index (χ2v) is 3.79. The van der Waals surface area contributed by atoms with Crippen molar-refractivity contribution in [1.29, 1.82) is 0 Å². The minimum Gasteiger partial charge on any atom is -0.496 e. The average molecular weight is 244 g/mol. The Morgan fingerprint density at radius 1 is 1.11 bits per heavy atom. The van der Waals surface area contributed by atoms with Gasteiger partial charge in [0.05, 0.1) is 14.2 Å². The molecule has 0 amide bonds. The molecule has 0 aliphatic rings. The van der Waals surface area contributed by atoms with Crippen LogP contribution in [0.4, 0.5) is 0 Å². The lowest BCUT2D eigenvalue weighted by atomic mass is 10.1. The van der Waals surface area contributed by atoms with Gasteiger partial charge in [0.15, 0.2) is 0 Å². The van der Waals surface area contributed by atoms with Crippen LogP contribution in [0.25, 0.3) is 11.3 Å². The van der Waals surface area contributed by atoms with Gasteiger partial charge in [0.25, 0.3) is 0 Å². The molecule has 0 saturated heterocycles. The summed E-state index contributed by atoms with van der Waals surface area (Å²) in [4.78, 5) is 4.34. The van der Waals surface area contributed by atoms with E-state index < -0.39 is 0 Å². The zero-order valence-corrected chi connectivity index (χ0v) is 10.5. The van der Waals surface area contributed by atoms with E-state index in [1.54, 1.807) is 20.4 Å². The molecule has 2 aromatic rings. The van der Waals surface area contributed by atoms with Crippen LogP contribution in [-0.4, -0.2) is 19.2 Å². The number of ether oxygens (including phenoxy) is 2. The van der Waals surface area contributed by atoms with Crippen LogP contribution in [0.3, 0.4) is 0 Å². The van der Waals surface area contributed by atoms with Crippen LogP contribution in [0.1, 0.15) is 5.56 Å². The summed E-state index contributed by atoms with van der Waals surface area (Å²) in [6, 6.07) is 9.54. The van der Waals surface area contributed by atoms with Crippen LogP contribution < -0.4 is 15.2 Å². The number of benzene rings is 1. The lowest BCUT2D eigenvalue weighted by molar-refractivity contribution is 0.409. The molecule has 0 saturated carbocycles. The molecule has 4 heteroatoms. The third-order valence-corrected chi connectivity index (χ3v) is 2.76. The van der Waals surface area contributed by atoms with E-state index in [4.69, 9.17) is 15.2 Å². The molecule has 94 valence electrons. The topological polar surface area (TPSA) is 57.4 Å². The van der Waals surface area contributed by atoms with E-state index in [1.807, 2.05) is 30.3 Å². The van der Waals surface area contributed by atoms with Gasteiger partial charge in [-0.2, -0.15) is 0 Å². The van der Waals surface area contributed by atoms with E-state index in [0.29, 0.717) is 6.54 Å². The Balaban J connectivity index is 2.51. The first-order chi connectivity index (χ1) is 8.80. The summed E-state index contributed by atoms with van der Waals surface area (Å²) in [5.74, 6) is 1.53. The summed E-state index contributed by atoms with van der Waals surface area (Å²) < 4.78 is 10.6. The lowest BCUT2D eigenvalue weighted by Gasteiger charge is -2.11. The Bertz CT molecular complexity index is 541. The number of hydrogen-bond donors (Lipinski definition) is 1. The molecule has 0 atom stereocenters. The Hall–Kier alpha value is -2.07. The van der Waals surface area contributed by atoms with Gasteiger partial charge in [-0.15, -0.1) is 0 Å². The molecule has 0 unspecified atom stereocenters. The van der Waals surface area contributed by atoms with Crippen LogP contribution in [0, 0.1) is 0 Å². The molecule has 18 heavy (non-hydrogen) atoms. The van der Waals surface area contributed by atoms with Crippen molar-refractivity contribution in [1.82, 2.24) is 4.98 Å². The molecule has 0 bridgehead atoms. The quantitative estimate of drug-likeness (QED) is 0.896. The fourth-order valence-corrected chi connectivity index (χ4v) is 1.86. The molecular formula is C14H16N2O2. The van der Waals surface area contributed by atoms with E-state index in [0.717, 1.165) is 28.3 Å². The third kappa shape index (κ3) is 2.28. The van der Waals surface area contributed by atoms with E-state index in [-0.39, 0.29) is 0 Å². The van der Waals surface area contributed by atoms with Crippen LogP contribution in [-0.2, 0) is 6.54 Å². The van der Waals surface area contributed by atoms with Gasteiger partial charge in [-0.3, -0.25) is 4.98 Å². The number of rotatable bonds is 4. The first-order valence-corrected chi connectivity index (χ1v) is 5.66. The highest BCUT2D eigenvalue weighted by Gasteiger charge is 2.09. The van der Waals surface area contributed by atoms with Gasteiger partial charge in [0.2, 0.25) is 0 Å². The molecule has 1 aromatic carbocycles. The zero-order valence-electron chi connectivity index (χ0n) is 10.5. The highest BCUT2D eigenvalue weighted by Crippen LogP contribution is 2.30. The molecular weight excluding hydrogens is 228 g/mol. The van der Waals surface area contributed by atoms with Crippen LogP contribution in [0.15, 0.2) is 36.5 Å². The van der Waals surface area contributed by atoms with Gasteiger partial charge >= 0.3 is 0 Å². The van der Waals surface area contributed by atoms with Crippen LogP contribution in [0.5, 0.6) is 11.5 Å². The largest absolute Gasteiger partial charge is 0.496 e. The van der Waals surface area contributed by atoms with Crippen molar-refractivity contribution >= 4 is 0 Å². The van der Waals surface area contributed by atoms with E-state index in [1.165, 1.54) is 0 Å². The van der Waals surface area contributed by atoms with E-state index >= 15 is 0 Å². The number of pyridine rings is 1. The second kappa shape index (κ2) is 5.51. The Morgan fingerprint density at radius 2 is 1.89 bits per heavy atom. The number of nitrogens with two attached hydrogens (primary N) is 1. The van der Waals surface area contributed by atoms with E-state index in [2.05, 4.69) is 4.98 Å². The summed E-state index contributed by atoms with van der Waals surface area (Å²) in [5.41, 5.74) is 8.43. The fraction of sp³-hybridized carbons (Fsp3) is 0.214. The molecule has 0 spiro atoms. The average Bonchev–Trinajstić information content (AvgIpc) is 2.46. The minimum atomic E-state index is 0.423. The van der Waals surface area contributed by atoms with Crippen LogP contribution in [0.2, 0.25) is 0 Å². The van der Waals surface area contributed by atoms with E-state index in [9.17, 15) is 0 Å². The minimum absolute atomic E-state index is 0.423. The van der Waals surface area contributed by atoms with Crippen molar-refractivity contribution in [3.05, 3.63) is 42.1 Å². The summed E-state index contributed by atoms with van der Waals surface area (Å²) in [5, 5.41) is 0. The Labute approximate surface area is 106 Å². The van der Waals surface area contributed by atoms with Crippen molar-refractivity contribution in [3.8, 4) is 22.8 Å². The first-order valence-electron chi connectivity index (χ1n) is 5.66. The highest BCUT2D eigenvalue weighted by atomic mass is 16.5. The maximum atomic E-state index is 5.71. The van der Waals surface area contributed by atoms with Crippen molar-refractivity contribution in [2.45, 2.75) is 6.54 Å². The molecule has 1 heterocycles. The monoisotopic (exact) mass is 244 g/mol. The molecule has 0 fully saturated rings. The van der Waals surface area contributed by atoms with Gasteiger partial charge in [-0.1, -0.05) is 0 Å². The normalized spacial score (nSPS) is 10.2. The van der Waals surface area contributed by atoms with Crippen molar-refractivity contribution < 1.29 is 9.47 Å². The fourth-order valence-electron chi connectivity index (χ4n) is 1.86. The summed E-state index contributed by atoms with van der Waals surface area (Å²) in [6.07, 6.45) is 1.74. The lowest BCUT2D eigenvalue weighted by Crippen LogP contribution is -2.00. The second-order valence-electron chi connectivity index (χ2n) is 3.79. The third-order valence-electron chi connectivity index (χ3n) is 2.76. The molecule has 0 aliphatic carbocycles. The summed E-state index contributed by atoms with van der Waals surface area (Å²) in [7, 11) is 3.27. The summed E-state index contributed by atoms with van der Waals surface area (Å²) in [6.45, 7) is 0.423. The highest BCUT2D eigenvalue weighted by molar-refractivity contribution is 5.68. The van der Waals surface area contributed by atoms with Gasteiger partial charge in [0.1, 0.15) is 17.2 Å². The number of methoxy groups -OCH3 is 2. The SMILES string of the molecule is COc1ccc(-c2ncccc2OC)cc1CN. The van der Waals surface area contributed by atoms with Crippen molar-refractivity contribution in [2.75, 3.05) is 14.2 Å². The zero-order chi connectivity index (χ0) is 13.0. The molecule has 0 radical (unpaired) electrons. The van der Waals surface area contributed by atoms with Crippen molar-refractivity contribution in [3.63, 3.8) is 0 Å². The number of hydrogen-bond acceptors (Lipinski definition) is 4. The standard InChI is InChI=1S/C14H16N2O2/c1-17-12-6-5-10(8-11(12)9-15)14-13(18-2)4-3-7-16-14/h3-8H,9,15H2,1-2H3. The van der Waals surface area contributed by atoms with Gasteiger partial charge in [-0.05, 0) is 30.3 Å². The Kier molecular flexibility index (Phi) is 3.79. The maximum Gasteiger partial charge on any atom is 0.145 e. The van der Waals surface area contributed by atoms with Gasteiger partial charge < -0.3 is 15.2 Å². The summed E-state index contributed by atoms with van der Waals surface area (Å²) >= 11 is 0. The van der Waals surface area contributed by atoms with Gasteiger partial charge in [-0.25, -0.2) is 0 Å². The molecule has 4 nitrogen and oxygen atoms in total. The smallest absolute Gasteiger partial charge is 0.145 e. The molecule has 2 N–H and O–H groups in total. The predicted octanol–water partition coefficient (Wildman–Crippen LogP) is 2.22. The molecule has 0 aliphatic heterocycles. The number of aromatic nitrogens is 1. The number of nitrogens with zero attached hydrogens (tertiary/aromatic N) is 1. The molecule has 1 aromatic heterocycles. The van der Waals surface area contributed by atoms with Gasteiger partial charge in [0, 0.05) is 23.9 Å². The predicted molar refractivity (Wildman–Crippen MR) is 70.7 cm³/mol. The first kappa shape index (κ1) is 12.4. The Morgan fingerprint density at radius 3 is 2.56 bits per heavy atom. The molecule has 2 rings (SSSR count). The maximum absolute atomic E-state index is 5.71.